The van der Waals surface area contributed by atoms with Crippen LogP contribution in [0.4, 0.5) is 0 Å². The third-order valence-electron chi connectivity index (χ3n) is 2.20. The maximum absolute atomic E-state index is 5.63. The molecule has 2 heterocycles. The summed E-state index contributed by atoms with van der Waals surface area (Å²) >= 11 is 1.77. The van der Waals surface area contributed by atoms with E-state index in [2.05, 4.69) is 11.4 Å². The van der Waals surface area contributed by atoms with Crippen LogP contribution in [0.2, 0.25) is 0 Å². The van der Waals surface area contributed by atoms with Crippen molar-refractivity contribution < 1.29 is 4.74 Å². The summed E-state index contributed by atoms with van der Waals surface area (Å²) in [7, 11) is 0. The first-order chi connectivity index (χ1) is 5.92. The number of hydrogen-bond acceptors (Lipinski definition) is 3. The number of rotatable bonds is 1. The Morgan fingerprint density at radius 2 is 2.58 bits per heavy atom. The van der Waals surface area contributed by atoms with Gasteiger partial charge in [-0.05, 0) is 29.9 Å². The van der Waals surface area contributed by atoms with Gasteiger partial charge in [0, 0.05) is 18.0 Å². The van der Waals surface area contributed by atoms with E-state index < -0.39 is 0 Å². The Bertz CT molecular complexity index is 259. The number of fused-ring (bicyclic) bond motifs is 1. The van der Waals surface area contributed by atoms with E-state index in [1.54, 1.807) is 11.3 Å². The fourth-order valence-corrected chi connectivity index (χ4v) is 2.59. The predicted molar refractivity (Wildman–Crippen MR) is 50.4 cm³/mol. The molecule has 66 valence electrons. The lowest BCUT2D eigenvalue weighted by Crippen LogP contribution is -2.14. The van der Waals surface area contributed by atoms with E-state index in [1.807, 2.05) is 0 Å². The largest absolute Gasteiger partial charge is 0.371 e. The lowest BCUT2D eigenvalue weighted by atomic mass is 10.1. The quantitative estimate of drug-likeness (QED) is 0.719. The van der Waals surface area contributed by atoms with Crippen LogP contribution in [0, 0.1) is 0 Å². The fourth-order valence-electron chi connectivity index (χ4n) is 1.58. The molecular formula is C9H13NOS. The van der Waals surface area contributed by atoms with Gasteiger partial charge in [0.2, 0.25) is 0 Å². The maximum atomic E-state index is 5.63. The van der Waals surface area contributed by atoms with Crippen LogP contribution in [-0.4, -0.2) is 13.2 Å². The first kappa shape index (κ1) is 8.23. The van der Waals surface area contributed by atoms with Gasteiger partial charge in [0.1, 0.15) is 6.10 Å². The number of ether oxygens (including phenoxy) is 1. The van der Waals surface area contributed by atoms with Crippen molar-refractivity contribution in [1.82, 2.24) is 0 Å². The van der Waals surface area contributed by atoms with Crippen molar-refractivity contribution in [2.24, 2.45) is 5.73 Å². The van der Waals surface area contributed by atoms with E-state index in [9.17, 15) is 0 Å². The van der Waals surface area contributed by atoms with Crippen LogP contribution >= 0.6 is 11.3 Å². The van der Waals surface area contributed by atoms with Gasteiger partial charge in [-0.2, -0.15) is 0 Å². The SMILES string of the molecule is NCC1OCCCc2ccsc21. The Balaban J connectivity index is 2.29. The molecule has 2 rings (SSSR count). The Morgan fingerprint density at radius 1 is 1.67 bits per heavy atom. The molecule has 0 bridgehead atoms. The smallest absolute Gasteiger partial charge is 0.104 e. The predicted octanol–water partition coefficient (Wildman–Crippen LogP) is 1.71. The maximum Gasteiger partial charge on any atom is 0.104 e. The topological polar surface area (TPSA) is 35.2 Å². The molecule has 0 radical (unpaired) electrons. The average molecular weight is 183 g/mol. The second-order valence-electron chi connectivity index (χ2n) is 3.01. The van der Waals surface area contributed by atoms with Crippen molar-refractivity contribution in [3.8, 4) is 0 Å². The zero-order valence-electron chi connectivity index (χ0n) is 6.95. The molecule has 0 amide bonds. The summed E-state index contributed by atoms with van der Waals surface area (Å²) in [4.78, 5) is 1.34. The van der Waals surface area contributed by atoms with Crippen molar-refractivity contribution in [1.29, 1.82) is 0 Å². The van der Waals surface area contributed by atoms with Gasteiger partial charge >= 0.3 is 0 Å². The zero-order chi connectivity index (χ0) is 8.39. The van der Waals surface area contributed by atoms with Gasteiger partial charge in [0.25, 0.3) is 0 Å². The molecular weight excluding hydrogens is 170 g/mol. The fraction of sp³-hybridized carbons (Fsp3) is 0.556. The lowest BCUT2D eigenvalue weighted by Gasteiger charge is -2.11. The van der Waals surface area contributed by atoms with Crippen molar-refractivity contribution in [3.05, 3.63) is 21.9 Å². The molecule has 1 atom stereocenters. The summed E-state index contributed by atoms with van der Waals surface area (Å²) in [5.41, 5.74) is 7.07. The van der Waals surface area contributed by atoms with Gasteiger partial charge in [0.15, 0.2) is 0 Å². The van der Waals surface area contributed by atoms with Crippen LogP contribution in [0.25, 0.3) is 0 Å². The molecule has 0 saturated carbocycles. The number of thiophene rings is 1. The van der Waals surface area contributed by atoms with Crippen LogP contribution in [-0.2, 0) is 11.2 Å². The summed E-state index contributed by atoms with van der Waals surface area (Å²) in [5, 5.41) is 2.13. The number of hydrogen-bond donors (Lipinski definition) is 1. The van der Waals surface area contributed by atoms with Gasteiger partial charge in [-0.25, -0.2) is 0 Å². The summed E-state index contributed by atoms with van der Waals surface area (Å²) in [6, 6.07) is 2.19. The minimum absolute atomic E-state index is 0.155. The molecule has 0 aliphatic carbocycles. The highest BCUT2D eigenvalue weighted by Crippen LogP contribution is 2.30. The normalized spacial score (nSPS) is 23.2. The van der Waals surface area contributed by atoms with Crippen molar-refractivity contribution in [2.45, 2.75) is 18.9 Å². The van der Waals surface area contributed by atoms with Gasteiger partial charge in [-0.15, -0.1) is 11.3 Å². The molecule has 2 N–H and O–H groups in total. The number of aryl methyl sites for hydroxylation is 1. The average Bonchev–Trinajstić information content (AvgIpc) is 2.46. The Labute approximate surface area is 76.3 Å². The summed E-state index contributed by atoms with van der Waals surface area (Å²) < 4.78 is 5.62. The monoisotopic (exact) mass is 183 g/mol. The number of nitrogens with two attached hydrogens (primary N) is 1. The van der Waals surface area contributed by atoms with E-state index in [0.717, 1.165) is 19.4 Å². The lowest BCUT2D eigenvalue weighted by molar-refractivity contribution is 0.0648. The zero-order valence-corrected chi connectivity index (χ0v) is 7.77. The molecule has 0 fully saturated rings. The summed E-state index contributed by atoms with van der Waals surface area (Å²) in [5.74, 6) is 0. The first-order valence-electron chi connectivity index (χ1n) is 4.29. The van der Waals surface area contributed by atoms with E-state index in [4.69, 9.17) is 10.5 Å². The van der Waals surface area contributed by atoms with Crippen LogP contribution in [0.3, 0.4) is 0 Å². The third-order valence-corrected chi connectivity index (χ3v) is 3.25. The van der Waals surface area contributed by atoms with Crippen LogP contribution < -0.4 is 5.73 Å². The molecule has 0 saturated heterocycles. The molecule has 12 heavy (non-hydrogen) atoms. The second-order valence-corrected chi connectivity index (χ2v) is 3.96. The molecule has 1 aliphatic heterocycles. The van der Waals surface area contributed by atoms with Crippen LogP contribution in [0.5, 0.6) is 0 Å². The van der Waals surface area contributed by atoms with Crippen molar-refractivity contribution in [3.63, 3.8) is 0 Å². The summed E-state index contributed by atoms with van der Waals surface area (Å²) in [6.45, 7) is 1.46. The van der Waals surface area contributed by atoms with E-state index in [-0.39, 0.29) is 6.10 Å². The van der Waals surface area contributed by atoms with E-state index in [1.165, 1.54) is 10.4 Å². The van der Waals surface area contributed by atoms with Crippen LogP contribution in [0.1, 0.15) is 23.0 Å². The standard InChI is InChI=1S/C9H13NOS/c10-6-8-9-7(3-5-12-9)2-1-4-11-8/h3,5,8H,1-2,4,6,10H2. The molecule has 1 aromatic heterocycles. The van der Waals surface area contributed by atoms with E-state index in [0.29, 0.717) is 6.54 Å². The van der Waals surface area contributed by atoms with Crippen LogP contribution in [0.15, 0.2) is 11.4 Å². The minimum atomic E-state index is 0.155. The van der Waals surface area contributed by atoms with Gasteiger partial charge in [-0.1, -0.05) is 0 Å². The molecule has 1 aliphatic rings. The highest BCUT2D eigenvalue weighted by atomic mass is 32.1. The highest BCUT2D eigenvalue weighted by Gasteiger charge is 2.18. The molecule has 2 nitrogen and oxygen atoms in total. The summed E-state index contributed by atoms with van der Waals surface area (Å²) in [6.07, 6.45) is 2.43. The van der Waals surface area contributed by atoms with Crippen molar-refractivity contribution >= 4 is 11.3 Å². The molecule has 1 aromatic rings. The van der Waals surface area contributed by atoms with Crippen molar-refractivity contribution in [2.75, 3.05) is 13.2 Å². The minimum Gasteiger partial charge on any atom is -0.371 e. The Kier molecular flexibility index (Phi) is 2.44. The van der Waals surface area contributed by atoms with E-state index >= 15 is 0 Å². The second kappa shape index (κ2) is 3.56. The first-order valence-corrected chi connectivity index (χ1v) is 5.17. The molecule has 1 unspecified atom stereocenters. The molecule has 3 heteroatoms. The molecule has 0 spiro atoms. The molecule has 0 aromatic carbocycles. The Hall–Kier alpha value is -0.380. The third kappa shape index (κ3) is 1.40. The van der Waals surface area contributed by atoms with Gasteiger partial charge in [-0.3, -0.25) is 0 Å². The highest BCUT2D eigenvalue weighted by molar-refractivity contribution is 7.10. The van der Waals surface area contributed by atoms with Gasteiger partial charge < -0.3 is 10.5 Å². The van der Waals surface area contributed by atoms with Gasteiger partial charge in [0.05, 0.1) is 0 Å². The Morgan fingerprint density at radius 3 is 3.42 bits per heavy atom.